The minimum absolute atomic E-state index is 0.121. The van der Waals surface area contributed by atoms with Gasteiger partial charge in [-0.05, 0) is 26.2 Å². The highest BCUT2D eigenvalue weighted by atomic mass is 16.5. The van der Waals surface area contributed by atoms with Crippen molar-refractivity contribution in [2.45, 2.75) is 45.1 Å². The van der Waals surface area contributed by atoms with Crippen LogP contribution in [0.25, 0.3) is 0 Å². The smallest absolute Gasteiger partial charge is 0.220 e. The predicted octanol–water partition coefficient (Wildman–Crippen LogP) is 1.47. The van der Waals surface area contributed by atoms with Crippen molar-refractivity contribution >= 4 is 5.91 Å². The molecule has 1 amide bonds. The quantitative estimate of drug-likeness (QED) is 0.723. The molecule has 0 aromatic rings. The molecule has 1 heterocycles. The van der Waals surface area contributed by atoms with E-state index in [1.54, 1.807) is 0 Å². The average molecular weight is 185 g/mol. The van der Waals surface area contributed by atoms with Gasteiger partial charge in [0.2, 0.25) is 5.91 Å². The van der Waals surface area contributed by atoms with Crippen molar-refractivity contribution in [2.75, 3.05) is 13.2 Å². The molecule has 0 bridgehead atoms. The van der Waals surface area contributed by atoms with E-state index in [9.17, 15) is 4.79 Å². The van der Waals surface area contributed by atoms with Crippen LogP contribution in [0.15, 0.2) is 0 Å². The van der Waals surface area contributed by atoms with Crippen LogP contribution in [-0.2, 0) is 9.53 Å². The van der Waals surface area contributed by atoms with Gasteiger partial charge in [-0.3, -0.25) is 4.79 Å². The Balaban J connectivity index is 2.36. The van der Waals surface area contributed by atoms with Crippen LogP contribution < -0.4 is 5.32 Å². The molecular formula is C10H19NO2. The van der Waals surface area contributed by atoms with Gasteiger partial charge in [-0.2, -0.15) is 0 Å². The molecule has 1 aliphatic rings. The summed E-state index contributed by atoms with van der Waals surface area (Å²) in [5.41, 5.74) is -0.121. The number of carbonyl (C=O) groups excluding carboxylic acids is 1. The second-order valence-corrected chi connectivity index (χ2v) is 4.01. The van der Waals surface area contributed by atoms with Crippen LogP contribution in [-0.4, -0.2) is 24.7 Å². The minimum atomic E-state index is -0.121. The molecule has 1 atom stereocenters. The molecular weight excluding hydrogens is 166 g/mol. The van der Waals surface area contributed by atoms with Crippen LogP contribution >= 0.6 is 0 Å². The lowest BCUT2D eigenvalue weighted by Crippen LogP contribution is -2.51. The Morgan fingerprint density at radius 3 is 2.92 bits per heavy atom. The largest absolute Gasteiger partial charge is 0.379 e. The molecule has 0 spiro atoms. The maximum atomic E-state index is 11.3. The number of carbonyl (C=O) groups is 1. The number of ether oxygens (including phenoxy) is 1. The third-order valence-electron chi connectivity index (χ3n) is 2.36. The van der Waals surface area contributed by atoms with E-state index in [1.807, 2.05) is 6.92 Å². The van der Waals surface area contributed by atoms with Gasteiger partial charge in [0.1, 0.15) is 0 Å². The molecule has 1 aliphatic heterocycles. The third kappa shape index (κ3) is 3.35. The minimum Gasteiger partial charge on any atom is -0.379 e. The number of hydrogen-bond donors (Lipinski definition) is 1. The number of rotatable bonds is 3. The Kier molecular flexibility index (Phi) is 3.72. The van der Waals surface area contributed by atoms with Gasteiger partial charge in [0, 0.05) is 13.0 Å². The highest BCUT2D eigenvalue weighted by Gasteiger charge is 2.28. The SMILES string of the molecule is CCCC(=O)NC1(C)CCCOC1. The van der Waals surface area contributed by atoms with Crippen molar-refractivity contribution in [2.24, 2.45) is 0 Å². The van der Waals surface area contributed by atoms with Crippen molar-refractivity contribution in [3.63, 3.8) is 0 Å². The van der Waals surface area contributed by atoms with Gasteiger partial charge in [-0.25, -0.2) is 0 Å². The van der Waals surface area contributed by atoms with Crippen LogP contribution in [0.2, 0.25) is 0 Å². The molecule has 1 saturated heterocycles. The first kappa shape index (κ1) is 10.5. The zero-order chi connectivity index (χ0) is 9.73. The Labute approximate surface area is 79.8 Å². The molecule has 0 radical (unpaired) electrons. The van der Waals surface area contributed by atoms with Gasteiger partial charge in [-0.1, -0.05) is 6.92 Å². The van der Waals surface area contributed by atoms with E-state index in [0.717, 1.165) is 25.9 Å². The van der Waals surface area contributed by atoms with E-state index in [1.165, 1.54) is 0 Å². The van der Waals surface area contributed by atoms with Gasteiger partial charge >= 0.3 is 0 Å². The van der Waals surface area contributed by atoms with Crippen LogP contribution in [0.4, 0.5) is 0 Å². The summed E-state index contributed by atoms with van der Waals surface area (Å²) < 4.78 is 5.35. The van der Waals surface area contributed by atoms with Gasteiger partial charge < -0.3 is 10.1 Å². The van der Waals surface area contributed by atoms with Crippen molar-refractivity contribution in [1.29, 1.82) is 0 Å². The van der Waals surface area contributed by atoms with Crippen molar-refractivity contribution in [3.8, 4) is 0 Å². The standard InChI is InChI=1S/C10H19NO2/c1-3-5-9(12)11-10(2)6-4-7-13-8-10/h3-8H2,1-2H3,(H,11,12). The Morgan fingerprint density at radius 1 is 1.62 bits per heavy atom. The second kappa shape index (κ2) is 4.61. The molecule has 0 aromatic heterocycles. The van der Waals surface area contributed by atoms with E-state index in [-0.39, 0.29) is 11.4 Å². The summed E-state index contributed by atoms with van der Waals surface area (Å²) in [5.74, 6) is 0.149. The molecule has 1 unspecified atom stereocenters. The summed E-state index contributed by atoms with van der Waals surface area (Å²) in [6, 6.07) is 0. The molecule has 0 aliphatic carbocycles. The molecule has 1 rings (SSSR count). The lowest BCUT2D eigenvalue weighted by molar-refractivity contribution is -0.124. The lowest BCUT2D eigenvalue weighted by Gasteiger charge is -2.34. The van der Waals surface area contributed by atoms with Gasteiger partial charge in [-0.15, -0.1) is 0 Å². The molecule has 1 N–H and O–H groups in total. The summed E-state index contributed by atoms with van der Waals surface area (Å²) in [5, 5.41) is 3.03. The van der Waals surface area contributed by atoms with Gasteiger partial charge in [0.25, 0.3) is 0 Å². The summed E-state index contributed by atoms with van der Waals surface area (Å²) in [7, 11) is 0. The molecule has 1 fully saturated rings. The Bertz CT molecular complexity index is 174. The van der Waals surface area contributed by atoms with E-state index >= 15 is 0 Å². The predicted molar refractivity (Wildman–Crippen MR) is 51.5 cm³/mol. The monoisotopic (exact) mass is 185 g/mol. The van der Waals surface area contributed by atoms with E-state index in [4.69, 9.17) is 4.74 Å². The topological polar surface area (TPSA) is 38.3 Å². The van der Waals surface area contributed by atoms with E-state index < -0.39 is 0 Å². The normalized spacial score (nSPS) is 28.5. The van der Waals surface area contributed by atoms with Gasteiger partial charge in [0.15, 0.2) is 0 Å². The molecule has 13 heavy (non-hydrogen) atoms. The maximum Gasteiger partial charge on any atom is 0.220 e. The molecule has 76 valence electrons. The lowest BCUT2D eigenvalue weighted by atomic mass is 9.94. The second-order valence-electron chi connectivity index (χ2n) is 4.01. The first-order chi connectivity index (χ1) is 6.16. The molecule has 3 heteroatoms. The van der Waals surface area contributed by atoms with Crippen LogP contribution in [0, 0.1) is 0 Å². The van der Waals surface area contributed by atoms with Crippen LogP contribution in [0.1, 0.15) is 39.5 Å². The molecule has 0 saturated carbocycles. The van der Waals surface area contributed by atoms with Crippen LogP contribution in [0.5, 0.6) is 0 Å². The fraction of sp³-hybridized carbons (Fsp3) is 0.900. The summed E-state index contributed by atoms with van der Waals surface area (Å²) in [6.45, 7) is 5.56. The Hall–Kier alpha value is -0.570. The summed E-state index contributed by atoms with van der Waals surface area (Å²) in [4.78, 5) is 11.3. The average Bonchev–Trinajstić information content (AvgIpc) is 2.04. The highest BCUT2D eigenvalue weighted by molar-refractivity contribution is 5.76. The zero-order valence-corrected chi connectivity index (χ0v) is 8.56. The van der Waals surface area contributed by atoms with E-state index in [2.05, 4.69) is 12.2 Å². The molecule has 3 nitrogen and oxygen atoms in total. The molecule has 0 aromatic carbocycles. The number of amides is 1. The number of hydrogen-bond acceptors (Lipinski definition) is 2. The fourth-order valence-corrected chi connectivity index (χ4v) is 1.66. The maximum absolute atomic E-state index is 11.3. The van der Waals surface area contributed by atoms with Crippen molar-refractivity contribution < 1.29 is 9.53 Å². The van der Waals surface area contributed by atoms with Crippen molar-refractivity contribution in [3.05, 3.63) is 0 Å². The Morgan fingerprint density at radius 2 is 2.38 bits per heavy atom. The first-order valence-electron chi connectivity index (χ1n) is 5.05. The zero-order valence-electron chi connectivity index (χ0n) is 8.56. The highest BCUT2D eigenvalue weighted by Crippen LogP contribution is 2.18. The van der Waals surface area contributed by atoms with Crippen molar-refractivity contribution in [1.82, 2.24) is 5.32 Å². The van der Waals surface area contributed by atoms with E-state index in [0.29, 0.717) is 13.0 Å². The first-order valence-corrected chi connectivity index (χ1v) is 5.05. The van der Waals surface area contributed by atoms with Crippen LogP contribution in [0.3, 0.4) is 0 Å². The summed E-state index contributed by atoms with van der Waals surface area (Å²) in [6.07, 6.45) is 3.60. The van der Waals surface area contributed by atoms with Gasteiger partial charge in [0.05, 0.1) is 12.1 Å². The fourth-order valence-electron chi connectivity index (χ4n) is 1.66. The third-order valence-corrected chi connectivity index (χ3v) is 2.36. The summed E-state index contributed by atoms with van der Waals surface area (Å²) >= 11 is 0. The number of nitrogens with one attached hydrogen (secondary N) is 1.